The fourth-order valence-electron chi connectivity index (χ4n) is 3.95. The van der Waals surface area contributed by atoms with Gasteiger partial charge in [0, 0.05) is 34.9 Å². The van der Waals surface area contributed by atoms with E-state index >= 15 is 0 Å². The molecule has 32 heavy (non-hydrogen) atoms. The molecule has 4 aromatic rings. The van der Waals surface area contributed by atoms with Crippen molar-refractivity contribution in [2.45, 2.75) is 33.4 Å². The first-order valence-electron chi connectivity index (χ1n) is 10.5. The Kier molecular flexibility index (Phi) is 6.42. The topological polar surface area (TPSA) is 68.9 Å². The third-order valence-corrected chi connectivity index (χ3v) is 5.98. The number of nitrogens with one attached hydrogen (secondary N) is 1. The second kappa shape index (κ2) is 9.40. The summed E-state index contributed by atoms with van der Waals surface area (Å²) >= 11 is 5.99. The van der Waals surface area contributed by atoms with Crippen molar-refractivity contribution in [3.8, 4) is 0 Å². The number of aromatic nitrogens is 3. The summed E-state index contributed by atoms with van der Waals surface area (Å²) in [6.07, 6.45) is 2.41. The molecule has 0 radical (unpaired) electrons. The summed E-state index contributed by atoms with van der Waals surface area (Å²) in [6, 6.07) is 17.6. The van der Waals surface area contributed by atoms with E-state index in [2.05, 4.69) is 15.0 Å². The van der Waals surface area contributed by atoms with Gasteiger partial charge < -0.3 is 9.88 Å². The molecule has 1 amide bonds. The van der Waals surface area contributed by atoms with Crippen molar-refractivity contribution in [2.24, 2.45) is 0 Å². The first kappa shape index (κ1) is 21.8. The standard InChI is InChI=1S/C25H25ClN4O2/c1-17-22-14-28-30(16-23(31)27-13-12-19-6-4-3-5-7-19)25(32)24(22)18(2)29(17)15-20-8-10-21(26)11-9-20/h3-11,14H,12-13,15-16H2,1-2H3,(H,27,31). The number of fused-ring (bicyclic) bond motifs is 1. The van der Waals surface area contributed by atoms with Gasteiger partial charge in [0.05, 0.1) is 11.6 Å². The number of rotatable bonds is 7. The number of hydrogen-bond acceptors (Lipinski definition) is 3. The summed E-state index contributed by atoms with van der Waals surface area (Å²) in [7, 11) is 0. The van der Waals surface area contributed by atoms with Gasteiger partial charge in [-0.15, -0.1) is 0 Å². The minimum absolute atomic E-state index is 0.107. The van der Waals surface area contributed by atoms with Gasteiger partial charge in [-0.1, -0.05) is 54.1 Å². The number of benzene rings is 2. The fraction of sp³-hybridized carbons (Fsp3) is 0.240. The van der Waals surface area contributed by atoms with Gasteiger partial charge in [0.1, 0.15) is 6.54 Å². The molecule has 0 unspecified atom stereocenters. The Hall–Kier alpha value is -3.38. The van der Waals surface area contributed by atoms with Gasteiger partial charge in [0.15, 0.2) is 0 Å². The Bertz CT molecular complexity index is 1310. The molecule has 0 saturated heterocycles. The molecule has 7 heteroatoms. The van der Waals surface area contributed by atoms with Crippen LogP contribution in [0.3, 0.4) is 0 Å². The summed E-state index contributed by atoms with van der Waals surface area (Å²) in [4.78, 5) is 25.5. The van der Waals surface area contributed by atoms with Gasteiger partial charge in [-0.25, -0.2) is 4.68 Å². The quantitative estimate of drug-likeness (QED) is 0.466. The van der Waals surface area contributed by atoms with Gasteiger partial charge in [-0.3, -0.25) is 9.59 Å². The summed E-state index contributed by atoms with van der Waals surface area (Å²) in [6.45, 7) is 4.94. The van der Waals surface area contributed by atoms with Gasteiger partial charge in [-0.05, 0) is 43.5 Å². The summed E-state index contributed by atoms with van der Waals surface area (Å²) in [5, 5.41) is 9.22. The third kappa shape index (κ3) is 4.60. The van der Waals surface area contributed by atoms with Crippen molar-refractivity contribution >= 4 is 28.3 Å². The highest BCUT2D eigenvalue weighted by Gasteiger charge is 2.17. The van der Waals surface area contributed by atoms with Crippen molar-refractivity contribution in [1.82, 2.24) is 19.7 Å². The van der Waals surface area contributed by atoms with Crippen LogP contribution in [0.5, 0.6) is 0 Å². The molecular weight excluding hydrogens is 424 g/mol. The molecule has 0 aliphatic heterocycles. The molecule has 6 nitrogen and oxygen atoms in total. The minimum atomic E-state index is -0.254. The number of aryl methyl sites for hydroxylation is 2. The summed E-state index contributed by atoms with van der Waals surface area (Å²) < 4.78 is 3.33. The van der Waals surface area contributed by atoms with Crippen LogP contribution in [-0.2, 0) is 24.3 Å². The lowest BCUT2D eigenvalue weighted by Gasteiger charge is -2.09. The number of carbonyl (C=O) groups excluding carboxylic acids is 1. The van der Waals surface area contributed by atoms with E-state index in [-0.39, 0.29) is 18.0 Å². The van der Waals surface area contributed by atoms with E-state index in [1.54, 1.807) is 6.20 Å². The highest BCUT2D eigenvalue weighted by molar-refractivity contribution is 6.30. The first-order valence-corrected chi connectivity index (χ1v) is 10.9. The number of hydrogen-bond donors (Lipinski definition) is 1. The zero-order valence-electron chi connectivity index (χ0n) is 18.1. The van der Waals surface area contributed by atoms with Crippen molar-refractivity contribution in [1.29, 1.82) is 0 Å². The molecule has 0 saturated carbocycles. The minimum Gasteiger partial charge on any atom is -0.354 e. The summed E-state index contributed by atoms with van der Waals surface area (Å²) in [5.74, 6) is -0.232. The van der Waals surface area contributed by atoms with Crippen molar-refractivity contribution < 1.29 is 4.79 Å². The Morgan fingerprint density at radius 3 is 2.44 bits per heavy atom. The van der Waals surface area contributed by atoms with E-state index in [4.69, 9.17) is 11.6 Å². The molecule has 0 spiro atoms. The maximum atomic E-state index is 13.1. The predicted octanol–water partition coefficient (Wildman–Crippen LogP) is 3.88. The Labute approximate surface area is 191 Å². The number of carbonyl (C=O) groups is 1. The zero-order valence-corrected chi connectivity index (χ0v) is 18.9. The predicted molar refractivity (Wildman–Crippen MR) is 127 cm³/mol. The number of amides is 1. The second-order valence-corrected chi connectivity index (χ2v) is 8.30. The molecule has 0 aliphatic rings. The molecular formula is C25H25ClN4O2. The van der Waals surface area contributed by atoms with Crippen molar-refractivity contribution in [2.75, 3.05) is 6.54 Å². The van der Waals surface area contributed by atoms with E-state index in [0.29, 0.717) is 23.5 Å². The highest BCUT2D eigenvalue weighted by Crippen LogP contribution is 2.23. The highest BCUT2D eigenvalue weighted by atomic mass is 35.5. The SMILES string of the molecule is Cc1c2cnn(CC(=O)NCCc3ccccc3)c(=O)c2c(C)n1Cc1ccc(Cl)cc1. The van der Waals surface area contributed by atoms with Crippen LogP contribution in [0.25, 0.3) is 10.8 Å². The van der Waals surface area contributed by atoms with Gasteiger partial charge in [0.25, 0.3) is 5.56 Å². The number of halogens is 1. The van der Waals surface area contributed by atoms with Crippen LogP contribution in [0, 0.1) is 13.8 Å². The molecule has 4 rings (SSSR count). The summed E-state index contributed by atoms with van der Waals surface area (Å²) in [5.41, 5.74) is 3.82. The normalized spacial score (nSPS) is 11.1. The molecule has 2 heterocycles. The van der Waals surface area contributed by atoms with Crippen molar-refractivity contribution in [3.63, 3.8) is 0 Å². The number of nitrogens with zero attached hydrogens (tertiary/aromatic N) is 3. The molecule has 0 aliphatic carbocycles. The zero-order chi connectivity index (χ0) is 22.7. The van der Waals surface area contributed by atoms with Crippen LogP contribution in [0.4, 0.5) is 0 Å². The maximum Gasteiger partial charge on any atom is 0.276 e. The van der Waals surface area contributed by atoms with Crippen LogP contribution >= 0.6 is 11.6 Å². The largest absolute Gasteiger partial charge is 0.354 e. The average Bonchev–Trinajstić information content (AvgIpc) is 3.03. The Morgan fingerprint density at radius 1 is 1.00 bits per heavy atom. The molecule has 0 fully saturated rings. The van der Waals surface area contributed by atoms with E-state index < -0.39 is 0 Å². The van der Waals surface area contributed by atoms with Gasteiger partial charge in [-0.2, -0.15) is 5.10 Å². The molecule has 1 N–H and O–H groups in total. The molecule has 0 atom stereocenters. The molecule has 2 aromatic heterocycles. The van der Waals surface area contributed by atoms with Crippen LogP contribution < -0.4 is 10.9 Å². The maximum absolute atomic E-state index is 13.1. The van der Waals surface area contributed by atoms with E-state index in [9.17, 15) is 9.59 Å². The monoisotopic (exact) mass is 448 g/mol. The lowest BCUT2D eigenvalue weighted by molar-refractivity contribution is -0.121. The lowest BCUT2D eigenvalue weighted by Crippen LogP contribution is -2.34. The van der Waals surface area contributed by atoms with Crippen LogP contribution in [0.1, 0.15) is 22.5 Å². The van der Waals surface area contributed by atoms with Crippen LogP contribution in [0.2, 0.25) is 5.02 Å². The Balaban J connectivity index is 1.51. The average molecular weight is 449 g/mol. The molecule has 164 valence electrons. The Morgan fingerprint density at radius 2 is 1.72 bits per heavy atom. The van der Waals surface area contributed by atoms with E-state index in [1.165, 1.54) is 4.68 Å². The first-order chi connectivity index (χ1) is 15.4. The lowest BCUT2D eigenvalue weighted by atomic mass is 10.1. The van der Waals surface area contributed by atoms with Crippen LogP contribution in [-0.4, -0.2) is 26.8 Å². The smallest absolute Gasteiger partial charge is 0.276 e. The van der Waals surface area contributed by atoms with E-state index in [1.807, 2.05) is 68.4 Å². The van der Waals surface area contributed by atoms with E-state index in [0.717, 1.165) is 34.3 Å². The fourth-order valence-corrected chi connectivity index (χ4v) is 4.08. The van der Waals surface area contributed by atoms with Crippen LogP contribution in [0.15, 0.2) is 65.6 Å². The van der Waals surface area contributed by atoms with Gasteiger partial charge in [0.2, 0.25) is 5.91 Å². The van der Waals surface area contributed by atoms with Crippen molar-refractivity contribution in [3.05, 3.63) is 98.7 Å². The third-order valence-electron chi connectivity index (χ3n) is 5.73. The molecule has 0 bridgehead atoms. The second-order valence-electron chi connectivity index (χ2n) is 7.87. The van der Waals surface area contributed by atoms with Gasteiger partial charge >= 0.3 is 0 Å². The molecule has 2 aromatic carbocycles.